The van der Waals surface area contributed by atoms with Gasteiger partial charge < -0.3 is 19.9 Å². The quantitative estimate of drug-likeness (QED) is 0.790. The number of aromatic nitrogens is 2. The van der Waals surface area contributed by atoms with Gasteiger partial charge >= 0.3 is 0 Å². The normalized spacial score (nSPS) is 18.1. The van der Waals surface area contributed by atoms with Gasteiger partial charge in [-0.2, -0.15) is 0 Å². The van der Waals surface area contributed by atoms with E-state index in [-0.39, 0.29) is 12.1 Å². The Balaban J connectivity index is 2.02. The van der Waals surface area contributed by atoms with E-state index in [1.807, 2.05) is 6.92 Å². The molecule has 16 heavy (non-hydrogen) atoms. The van der Waals surface area contributed by atoms with E-state index in [1.165, 1.54) is 0 Å². The Bertz CT molecular complexity index is 349. The number of rotatable bonds is 5. The summed E-state index contributed by atoms with van der Waals surface area (Å²) < 4.78 is 17.4. The van der Waals surface area contributed by atoms with Crippen LogP contribution in [-0.2, 0) is 9.47 Å². The zero-order valence-electron chi connectivity index (χ0n) is 9.55. The van der Waals surface area contributed by atoms with E-state index in [0.717, 1.165) is 0 Å². The van der Waals surface area contributed by atoms with Crippen LogP contribution in [0.25, 0.3) is 0 Å². The highest BCUT2D eigenvalue weighted by Gasteiger charge is 2.23. The van der Waals surface area contributed by atoms with Crippen LogP contribution in [0, 0.1) is 0 Å². The third-order valence-corrected chi connectivity index (χ3v) is 2.47. The van der Waals surface area contributed by atoms with E-state index in [4.69, 9.17) is 19.9 Å². The van der Waals surface area contributed by atoms with Crippen molar-refractivity contribution < 1.29 is 14.2 Å². The molecule has 0 aliphatic carbocycles. The summed E-state index contributed by atoms with van der Waals surface area (Å²) in [5, 5.41) is 4.28. The Morgan fingerprint density at radius 2 is 2.44 bits per heavy atom. The van der Waals surface area contributed by atoms with Crippen LogP contribution in [0.2, 0.25) is 0 Å². The maximum absolute atomic E-state index is 5.81. The van der Waals surface area contributed by atoms with Gasteiger partial charge in [-0.15, -0.1) is 5.10 Å². The summed E-state index contributed by atoms with van der Waals surface area (Å²) in [5.74, 6) is 0.483. The molecule has 0 aromatic carbocycles. The van der Waals surface area contributed by atoms with Crippen molar-refractivity contribution in [3.05, 3.63) is 6.20 Å². The summed E-state index contributed by atoms with van der Waals surface area (Å²) in [5.41, 5.74) is 6.36. The average Bonchev–Trinajstić information content (AvgIpc) is 2.54. The Hall–Kier alpha value is -1.27. The van der Waals surface area contributed by atoms with Crippen molar-refractivity contribution in [3.8, 4) is 5.88 Å². The Morgan fingerprint density at radius 1 is 1.69 bits per heavy atom. The maximum Gasteiger partial charge on any atom is 0.256 e. The lowest BCUT2D eigenvalue weighted by molar-refractivity contribution is -0.0813. The van der Waals surface area contributed by atoms with E-state index < -0.39 is 0 Å². The van der Waals surface area contributed by atoms with E-state index in [0.29, 0.717) is 31.4 Å². The summed E-state index contributed by atoms with van der Waals surface area (Å²) in [6.07, 6.45) is 1.85. The third kappa shape index (κ3) is 2.28. The number of ether oxygens (including phenoxy) is 3. The van der Waals surface area contributed by atoms with Crippen LogP contribution in [0.15, 0.2) is 6.20 Å². The molecular formula is C10H17N3O3. The van der Waals surface area contributed by atoms with E-state index >= 15 is 0 Å². The second kappa shape index (κ2) is 4.71. The van der Waals surface area contributed by atoms with Crippen LogP contribution in [-0.4, -0.2) is 42.8 Å². The predicted molar refractivity (Wildman–Crippen MR) is 58.5 cm³/mol. The van der Waals surface area contributed by atoms with Crippen molar-refractivity contribution in [2.75, 3.05) is 32.7 Å². The molecule has 1 fully saturated rings. The summed E-state index contributed by atoms with van der Waals surface area (Å²) in [6, 6.07) is 0.141. The van der Waals surface area contributed by atoms with Crippen LogP contribution in [0.5, 0.6) is 5.88 Å². The SMILES string of the molecule is COCC(C)n1cc(N)c(OC2COC2)n1. The molecule has 1 aromatic heterocycles. The molecule has 1 unspecified atom stereocenters. The molecule has 0 amide bonds. The van der Waals surface area contributed by atoms with Gasteiger partial charge in [0.2, 0.25) is 0 Å². The van der Waals surface area contributed by atoms with Gasteiger partial charge in [0.25, 0.3) is 5.88 Å². The molecule has 2 N–H and O–H groups in total. The first kappa shape index (κ1) is 11.2. The number of nitrogens with zero attached hydrogens (tertiary/aromatic N) is 2. The molecule has 1 saturated heterocycles. The molecule has 0 radical (unpaired) electrons. The molecule has 2 heterocycles. The highest BCUT2D eigenvalue weighted by atomic mass is 16.6. The van der Waals surface area contributed by atoms with Gasteiger partial charge in [-0.25, -0.2) is 0 Å². The first-order chi connectivity index (χ1) is 7.70. The zero-order valence-corrected chi connectivity index (χ0v) is 9.55. The molecule has 0 bridgehead atoms. The largest absolute Gasteiger partial charge is 0.467 e. The van der Waals surface area contributed by atoms with Crippen LogP contribution < -0.4 is 10.5 Å². The first-order valence-electron chi connectivity index (χ1n) is 5.28. The molecule has 90 valence electrons. The van der Waals surface area contributed by atoms with Crippen LogP contribution >= 0.6 is 0 Å². The van der Waals surface area contributed by atoms with Crippen molar-refractivity contribution in [2.45, 2.75) is 19.1 Å². The van der Waals surface area contributed by atoms with Gasteiger partial charge in [0.15, 0.2) is 0 Å². The summed E-state index contributed by atoms with van der Waals surface area (Å²) in [4.78, 5) is 0. The molecule has 2 rings (SSSR count). The van der Waals surface area contributed by atoms with Crippen molar-refractivity contribution in [1.82, 2.24) is 9.78 Å². The minimum atomic E-state index is 0.0865. The molecule has 6 nitrogen and oxygen atoms in total. The topological polar surface area (TPSA) is 71.5 Å². The number of hydrogen-bond acceptors (Lipinski definition) is 5. The molecule has 0 spiro atoms. The molecule has 1 aromatic rings. The number of nitrogen functional groups attached to an aromatic ring is 1. The monoisotopic (exact) mass is 227 g/mol. The molecule has 1 aliphatic rings. The second-order valence-corrected chi connectivity index (χ2v) is 3.95. The van der Waals surface area contributed by atoms with E-state index in [2.05, 4.69) is 5.10 Å². The predicted octanol–water partition coefficient (Wildman–Crippen LogP) is 0.450. The molecule has 1 aliphatic heterocycles. The van der Waals surface area contributed by atoms with Crippen molar-refractivity contribution in [2.24, 2.45) is 0 Å². The zero-order chi connectivity index (χ0) is 11.5. The fourth-order valence-corrected chi connectivity index (χ4v) is 1.46. The van der Waals surface area contributed by atoms with Gasteiger partial charge in [-0.3, -0.25) is 4.68 Å². The molecular weight excluding hydrogens is 210 g/mol. The lowest BCUT2D eigenvalue weighted by Gasteiger charge is -2.25. The van der Waals surface area contributed by atoms with Crippen LogP contribution in [0.1, 0.15) is 13.0 Å². The summed E-state index contributed by atoms with van der Waals surface area (Å²) in [6.45, 7) is 3.82. The van der Waals surface area contributed by atoms with Crippen molar-refractivity contribution >= 4 is 5.69 Å². The number of hydrogen-bond donors (Lipinski definition) is 1. The van der Waals surface area contributed by atoms with E-state index in [9.17, 15) is 0 Å². The fourth-order valence-electron chi connectivity index (χ4n) is 1.46. The number of anilines is 1. The number of nitrogens with two attached hydrogens (primary N) is 1. The third-order valence-electron chi connectivity index (χ3n) is 2.47. The second-order valence-electron chi connectivity index (χ2n) is 3.95. The standard InChI is InChI=1S/C10H17N3O3/c1-7(4-14-2)13-3-9(11)10(12-13)16-8-5-15-6-8/h3,7-8H,4-6,11H2,1-2H3. The lowest BCUT2D eigenvalue weighted by Crippen LogP contribution is -2.38. The molecule has 0 saturated carbocycles. The van der Waals surface area contributed by atoms with Gasteiger partial charge in [-0.05, 0) is 6.92 Å². The van der Waals surface area contributed by atoms with Crippen molar-refractivity contribution in [1.29, 1.82) is 0 Å². The first-order valence-corrected chi connectivity index (χ1v) is 5.28. The van der Waals surface area contributed by atoms with Crippen LogP contribution in [0.4, 0.5) is 5.69 Å². The fraction of sp³-hybridized carbons (Fsp3) is 0.700. The average molecular weight is 227 g/mol. The minimum Gasteiger partial charge on any atom is -0.467 e. The molecule has 1 atom stereocenters. The van der Waals surface area contributed by atoms with E-state index in [1.54, 1.807) is 18.0 Å². The van der Waals surface area contributed by atoms with Gasteiger partial charge in [-0.1, -0.05) is 0 Å². The minimum absolute atomic E-state index is 0.0865. The smallest absolute Gasteiger partial charge is 0.256 e. The lowest BCUT2D eigenvalue weighted by atomic mass is 10.3. The highest BCUT2D eigenvalue weighted by molar-refractivity contribution is 5.46. The van der Waals surface area contributed by atoms with Gasteiger partial charge in [0.05, 0.1) is 32.1 Å². The van der Waals surface area contributed by atoms with Crippen LogP contribution in [0.3, 0.4) is 0 Å². The van der Waals surface area contributed by atoms with Gasteiger partial charge in [0, 0.05) is 7.11 Å². The Kier molecular flexibility index (Phi) is 3.31. The number of methoxy groups -OCH3 is 1. The van der Waals surface area contributed by atoms with Gasteiger partial charge in [0.1, 0.15) is 11.8 Å². The Labute approximate surface area is 94.3 Å². The summed E-state index contributed by atoms with van der Waals surface area (Å²) >= 11 is 0. The molecule has 6 heteroatoms. The van der Waals surface area contributed by atoms with Crippen molar-refractivity contribution in [3.63, 3.8) is 0 Å². The highest BCUT2D eigenvalue weighted by Crippen LogP contribution is 2.23. The summed E-state index contributed by atoms with van der Waals surface area (Å²) in [7, 11) is 1.66. The maximum atomic E-state index is 5.81. The Morgan fingerprint density at radius 3 is 3.00 bits per heavy atom.